The van der Waals surface area contributed by atoms with Gasteiger partial charge in [-0.05, 0) is 0 Å². The Morgan fingerprint density at radius 3 is 1.64 bits per heavy atom. The molecule has 0 unspecified atom stereocenters. The molecule has 52 valence electrons. The molecular weight excluding hydrogens is 382 g/mol. The van der Waals surface area contributed by atoms with E-state index >= 15 is 0 Å². The third kappa shape index (κ3) is 11.4. The molecule has 0 radical (unpaired) electrons. The normalized spacial score (nSPS) is 6.82. The molecular formula is C6H3Br2FZn2. The average Bonchev–Trinajstić information content (AvgIpc) is 2.13. The van der Waals surface area contributed by atoms with Crippen molar-refractivity contribution in [3.05, 3.63) is 36.1 Å². The first-order valence-electron chi connectivity index (χ1n) is 2.46. The van der Waals surface area contributed by atoms with Crippen molar-refractivity contribution >= 4 is 27.2 Å². The minimum absolute atomic E-state index is 0.289. The van der Waals surface area contributed by atoms with E-state index in [4.69, 9.17) is 0 Å². The van der Waals surface area contributed by atoms with E-state index in [1.807, 2.05) is 0 Å². The quantitative estimate of drug-likeness (QED) is 0.476. The summed E-state index contributed by atoms with van der Waals surface area (Å²) in [6, 6.07) is 9.11. The predicted molar refractivity (Wildman–Crippen MR) is 41.9 cm³/mol. The zero-order valence-electron chi connectivity index (χ0n) is 5.78. The zero-order chi connectivity index (χ0) is 9.11. The molecule has 0 saturated heterocycles. The first-order valence-corrected chi connectivity index (χ1v) is 16.4. The van der Waals surface area contributed by atoms with Gasteiger partial charge >= 0.3 is 59.9 Å². The van der Waals surface area contributed by atoms with Crippen LogP contribution in [-0.4, -0.2) is 0 Å². The van der Waals surface area contributed by atoms with Crippen molar-refractivity contribution in [1.29, 1.82) is 0 Å². The monoisotopic (exact) mass is 380 g/mol. The van der Waals surface area contributed by atoms with Crippen LogP contribution in [0.3, 0.4) is 0 Å². The first-order chi connectivity index (χ1) is 5.39. The molecule has 0 aliphatic rings. The summed E-state index contributed by atoms with van der Waals surface area (Å²) in [4.78, 5) is 0. The molecule has 0 spiro atoms. The molecule has 0 fully saturated rings. The molecule has 1 aromatic rings. The molecule has 0 heterocycles. The number of hydrogen-bond acceptors (Lipinski definition) is 0. The van der Waals surface area contributed by atoms with Gasteiger partial charge in [0.05, 0.1) is 0 Å². The van der Waals surface area contributed by atoms with E-state index in [-0.39, 0.29) is 5.82 Å². The van der Waals surface area contributed by atoms with Gasteiger partial charge in [-0.25, -0.2) is 0 Å². The van der Waals surface area contributed by atoms with Crippen LogP contribution < -0.4 is 0 Å². The molecule has 0 atom stereocenters. The van der Waals surface area contributed by atoms with Crippen molar-refractivity contribution in [2.75, 3.05) is 0 Å². The molecule has 0 N–H and O–H groups in total. The summed E-state index contributed by atoms with van der Waals surface area (Å²) in [5.74, 6) is -0.289. The Hall–Kier alpha value is 1.36. The number of hydrogen-bond donors (Lipinski definition) is 0. The summed E-state index contributed by atoms with van der Waals surface area (Å²) >= 11 is 8.50. The van der Waals surface area contributed by atoms with Crippen LogP contribution >= 0.6 is 27.2 Å². The summed E-state index contributed by atoms with van der Waals surface area (Å²) in [6.07, 6.45) is 0. The third-order valence-electron chi connectivity index (χ3n) is 0.609. The average molecular weight is 385 g/mol. The van der Waals surface area contributed by atoms with Crippen molar-refractivity contribution in [3.63, 3.8) is 0 Å². The Labute approximate surface area is 99.4 Å². The van der Waals surface area contributed by atoms with E-state index in [9.17, 15) is 4.39 Å². The van der Waals surface area contributed by atoms with Crippen LogP contribution in [0.15, 0.2) is 18.2 Å². The van der Waals surface area contributed by atoms with Crippen LogP contribution in [0.2, 0.25) is 0 Å². The molecule has 1 aromatic carbocycles. The fraction of sp³-hybridized carbons (Fsp3) is 0. The zero-order valence-corrected chi connectivity index (χ0v) is 14.9. The summed E-state index contributed by atoms with van der Waals surface area (Å²) in [6.45, 7) is 0. The number of benzene rings is 1. The standard InChI is InChI=1S/C6H3F.2BrH.2Zn/c7-6-4-2-1-3-5-6;;;;/h1,4-5H;2*1H;;/q-2;;;2*+2/p-2. The van der Waals surface area contributed by atoms with Crippen molar-refractivity contribution in [2.24, 2.45) is 0 Å². The molecule has 0 bridgehead atoms. The summed E-state index contributed by atoms with van der Waals surface area (Å²) < 4.78 is 11.8. The van der Waals surface area contributed by atoms with E-state index in [2.05, 4.69) is 39.4 Å². The third-order valence-corrected chi connectivity index (χ3v) is 0.609. The van der Waals surface area contributed by atoms with E-state index in [1.54, 1.807) is 0 Å². The van der Waals surface area contributed by atoms with E-state index in [1.165, 1.54) is 50.9 Å². The van der Waals surface area contributed by atoms with Crippen molar-refractivity contribution < 1.29 is 37.1 Å². The second-order valence-electron chi connectivity index (χ2n) is 1.15. The van der Waals surface area contributed by atoms with Crippen LogP contribution in [-0.2, 0) is 32.7 Å². The van der Waals surface area contributed by atoms with Crippen LogP contribution in [0.5, 0.6) is 0 Å². The van der Waals surface area contributed by atoms with Crippen molar-refractivity contribution in [3.8, 4) is 0 Å². The van der Waals surface area contributed by atoms with Gasteiger partial charge in [-0.3, -0.25) is 12.1 Å². The Bertz CT molecular complexity index is 149. The van der Waals surface area contributed by atoms with Gasteiger partial charge < -0.3 is 22.6 Å². The molecule has 1 rings (SSSR count). The fourth-order valence-corrected chi connectivity index (χ4v) is 0.332. The van der Waals surface area contributed by atoms with Crippen LogP contribution in [0.25, 0.3) is 0 Å². The van der Waals surface area contributed by atoms with Gasteiger partial charge in [-0.1, -0.05) is 0 Å². The van der Waals surface area contributed by atoms with Crippen LogP contribution in [0.1, 0.15) is 0 Å². The Morgan fingerprint density at radius 1 is 1.09 bits per heavy atom. The van der Waals surface area contributed by atoms with Crippen LogP contribution in [0.4, 0.5) is 4.39 Å². The fourth-order valence-electron chi connectivity index (χ4n) is 0.332. The maximum atomic E-state index is 11.8. The molecule has 11 heavy (non-hydrogen) atoms. The summed E-state index contributed by atoms with van der Waals surface area (Å²) in [5.41, 5.74) is 0. The number of rotatable bonds is 0. The minimum atomic E-state index is -0.289. The summed E-state index contributed by atoms with van der Waals surface area (Å²) in [5, 5.41) is 0. The molecule has 0 amide bonds. The van der Waals surface area contributed by atoms with E-state index in [0.29, 0.717) is 0 Å². The van der Waals surface area contributed by atoms with Crippen molar-refractivity contribution in [2.45, 2.75) is 0 Å². The van der Waals surface area contributed by atoms with Gasteiger partial charge in [-0.2, -0.15) is 0 Å². The molecule has 5 heteroatoms. The predicted octanol–water partition coefficient (Wildman–Crippen LogP) is 3.11. The van der Waals surface area contributed by atoms with Gasteiger partial charge in [-0.15, -0.1) is 5.82 Å². The second kappa shape index (κ2) is 13.9. The Balaban J connectivity index is 0. The van der Waals surface area contributed by atoms with Gasteiger partial charge in [0.1, 0.15) is 0 Å². The first kappa shape index (κ1) is 14.9. The molecule has 0 aliphatic heterocycles. The van der Waals surface area contributed by atoms with Gasteiger partial charge in [0.25, 0.3) is 0 Å². The Morgan fingerprint density at radius 2 is 1.45 bits per heavy atom. The van der Waals surface area contributed by atoms with Gasteiger partial charge in [0, 0.05) is 0 Å². The molecule has 0 aliphatic carbocycles. The van der Waals surface area contributed by atoms with Crippen molar-refractivity contribution in [1.82, 2.24) is 0 Å². The summed E-state index contributed by atoms with van der Waals surface area (Å²) in [7, 11) is 0. The van der Waals surface area contributed by atoms with Gasteiger partial charge in [0.2, 0.25) is 0 Å². The maximum absolute atomic E-state index is 11.8. The SMILES string of the molecule is Fc1c[c-]c[c-]c1.[Zn+][Br].[Zn+][Br]. The topological polar surface area (TPSA) is 0 Å². The molecule has 0 nitrogen and oxygen atoms in total. The van der Waals surface area contributed by atoms with Crippen LogP contribution in [0, 0.1) is 17.9 Å². The second-order valence-corrected chi connectivity index (χ2v) is 1.15. The Kier molecular flexibility index (Phi) is 18.8. The number of halogens is 3. The van der Waals surface area contributed by atoms with E-state index < -0.39 is 0 Å². The molecule has 0 aromatic heterocycles. The molecule has 0 saturated carbocycles. The van der Waals surface area contributed by atoms with E-state index in [0.717, 1.165) is 0 Å². The van der Waals surface area contributed by atoms with Gasteiger partial charge in [0.15, 0.2) is 0 Å².